The average Bonchev–Trinajstić information content (AvgIpc) is 3.19. The highest BCUT2D eigenvalue weighted by Crippen LogP contribution is 2.29. The SMILES string of the molecule is Cc1nc2c(c(NC(=O)c3ccc(C)s3)n1)C(=O)N(Cc1cccc(I)c1)C2. The normalized spacial score (nSPS) is 13.0. The van der Waals surface area contributed by atoms with Crippen LogP contribution >= 0.6 is 33.9 Å². The summed E-state index contributed by atoms with van der Waals surface area (Å²) in [6.07, 6.45) is 0. The summed E-state index contributed by atoms with van der Waals surface area (Å²) in [6, 6.07) is 11.7. The number of carbonyl (C=O) groups excluding carboxylic acids is 2. The van der Waals surface area contributed by atoms with Gasteiger partial charge in [-0.15, -0.1) is 11.3 Å². The first-order valence-corrected chi connectivity index (χ1v) is 10.6. The number of benzene rings is 1. The smallest absolute Gasteiger partial charge is 0.266 e. The number of hydrogen-bond acceptors (Lipinski definition) is 5. The number of aryl methyl sites for hydroxylation is 2. The van der Waals surface area contributed by atoms with Gasteiger partial charge in [0.2, 0.25) is 0 Å². The van der Waals surface area contributed by atoms with Gasteiger partial charge in [-0.2, -0.15) is 0 Å². The molecule has 0 bridgehead atoms. The van der Waals surface area contributed by atoms with Gasteiger partial charge in [-0.25, -0.2) is 9.97 Å². The summed E-state index contributed by atoms with van der Waals surface area (Å²) in [5.74, 6) is 0.391. The number of amides is 2. The molecule has 3 aromatic rings. The van der Waals surface area contributed by atoms with E-state index in [1.54, 1.807) is 17.9 Å². The number of halogens is 1. The Morgan fingerprint density at radius 2 is 2.07 bits per heavy atom. The molecule has 2 amide bonds. The van der Waals surface area contributed by atoms with Crippen LogP contribution in [0, 0.1) is 17.4 Å². The molecule has 0 saturated heterocycles. The van der Waals surface area contributed by atoms with Gasteiger partial charge in [-0.05, 0) is 66.3 Å². The van der Waals surface area contributed by atoms with Crippen molar-refractivity contribution in [1.29, 1.82) is 0 Å². The summed E-state index contributed by atoms with van der Waals surface area (Å²) < 4.78 is 1.12. The first-order chi connectivity index (χ1) is 13.4. The van der Waals surface area contributed by atoms with Crippen LogP contribution in [0.1, 0.15) is 42.0 Å². The number of aromatic nitrogens is 2. The summed E-state index contributed by atoms with van der Waals surface area (Å²) in [4.78, 5) is 37.7. The Morgan fingerprint density at radius 3 is 2.79 bits per heavy atom. The molecule has 0 unspecified atom stereocenters. The van der Waals surface area contributed by atoms with Gasteiger partial charge < -0.3 is 10.2 Å². The molecule has 1 aliphatic heterocycles. The molecule has 0 spiro atoms. The maximum Gasteiger partial charge on any atom is 0.266 e. The molecule has 4 rings (SSSR count). The van der Waals surface area contributed by atoms with Crippen molar-refractivity contribution < 1.29 is 9.59 Å². The summed E-state index contributed by atoms with van der Waals surface area (Å²) in [6.45, 7) is 4.60. The molecule has 1 aromatic carbocycles. The van der Waals surface area contributed by atoms with E-state index in [1.807, 2.05) is 31.2 Å². The van der Waals surface area contributed by atoms with Crippen molar-refractivity contribution in [2.24, 2.45) is 0 Å². The molecule has 142 valence electrons. The number of rotatable bonds is 4. The summed E-state index contributed by atoms with van der Waals surface area (Å²) in [5.41, 5.74) is 2.09. The molecule has 0 aliphatic carbocycles. The Labute approximate surface area is 180 Å². The fraction of sp³-hybridized carbons (Fsp3) is 0.200. The van der Waals surface area contributed by atoms with Crippen molar-refractivity contribution in [2.45, 2.75) is 26.9 Å². The third-order valence-electron chi connectivity index (χ3n) is 4.40. The van der Waals surface area contributed by atoms with Crippen LogP contribution in [0.5, 0.6) is 0 Å². The highest BCUT2D eigenvalue weighted by atomic mass is 127. The second-order valence-electron chi connectivity index (χ2n) is 6.60. The predicted octanol–water partition coefficient (Wildman–Crippen LogP) is 4.17. The Morgan fingerprint density at radius 1 is 1.25 bits per heavy atom. The first-order valence-electron chi connectivity index (χ1n) is 8.70. The molecule has 28 heavy (non-hydrogen) atoms. The van der Waals surface area contributed by atoms with Gasteiger partial charge in [0.15, 0.2) is 0 Å². The summed E-state index contributed by atoms with van der Waals surface area (Å²) >= 11 is 3.66. The van der Waals surface area contributed by atoms with Crippen molar-refractivity contribution >= 4 is 51.6 Å². The van der Waals surface area contributed by atoms with Gasteiger partial charge in [0.05, 0.1) is 17.1 Å². The van der Waals surface area contributed by atoms with Crippen LogP contribution in [0.25, 0.3) is 0 Å². The van der Waals surface area contributed by atoms with Gasteiger partial charge in [-0.3, -0.25) is 9.59 Å². The number of fused-ring (bicyclic) bond motifs is 1. The van der Waals surface area contributed by atoms with E-state index in [4.69, 9.17) is 0 Å². The zero-order valence-corrected chi connectivity index (χ0v) is 18.3. The van der Waals surface area contributed by atoms with Crippen LogP contribution in [0.4, 0.5) is 5.82 Å². The Hall–Kier alpha value is -2.33. The minimum absolute atomic E-state index is 0.161. The summed E-state index contributed by atoms with van der Waals surface area (Å²) in [5, 5.41) is 2.81. The number of hydrogen-bond donors (Lipinski definition) is 1. The van der Waals surface area contributed by atoms with Gasteiger partial charge >= 0.3 is 0 Å². The van der Waals surface area contributed by atoms with E-state index in [1.165, 1.54) is 11.3 Å². The van der Waals surface area contributed by atoms with Gasteiger partial charge in [0, 0.05) is 15.0 Å². The molecule has 3 heterocycles. The van der Waals surface area contributed by atoms with Crippen LogP contribution in [0.15, 0.2) is 36.4 Å². The topological polar surface area (TPSA) is 75.2 Å². The van der Waals surface area contributed by atoms with E-state index in [0.29, 0.717) is 35.0 Å². The monoisotopic (exact) mass is 504 g/mol. The predicted molar refractivity (Wildman–Crippen MR) is 117 cm³/mol. The molecule has 0 saturated carbocycles. The van der Waals surface area contributed by atoms with E-state index in [0.717, 1.165) is 14.0 Å². The van der Waals surface area contributed by atoms with Crippen LogP contribution in [-0.4, -0.2) is 26.7 Å². The third kappa shape index (κ3) is 3.79. The largest absolute Gasteiger partial charge is 0.328 e. The van der Waals surface area contributed by atoms with Crippen molar-refractivity contribution in [3.8, 4) is 0 Å². The molecular formula is C20H17IN4O2S. The quantitative estimate of drug-likeness (QED) is 0.542. The fourth-order valence-corrected chi connectivity index (χ4v) is 4.55. The average molecular weight is 504 g/mol. The number of nitrogens with zero attached hydrogens (tertiary/aromatic N) is 3. The lowest BCUT2D eigenvalue weighted by atomic mass is 10.2. The van der Waals surface area contributed by atoms with E-state index < -0.39 is 0 Å². The second kappa shape index (κ2) is 7.59. The van der Waals surface area contributed by atoms with Crippen molar-refractivity contribution in [3.05, 3.63) is 72.4 Å². The van der Waals surface area contributed by atoms with E-state index >= 15 is 0 Å². The fourth-order valence-electron chi connectivity index (χ4n) is 3.18. The molecule has 0 radical (unpaired) electrons. The lowest BCUT2D eigenvalue weighted by Crippen LogP contribution is -2.24. The molecule has 0 fully saturated rings. The first kappa shape index (κ1) is 19.0. The van der Waals surface area contributed by atoms with Gasteiger partial charge in [0.1, 0.15) is 17.2 Å². The van der Waals surface area contributed by atoms with E-state index in [-0.39, 0.29) is 17.6 Å². The minimum Gasteiger partial charge on any atom is -0.328 e. The zero-order chi connectivity index (χ0) is 19.8. The highest BCUT2D eigenvalue weighted by molar-refractivity contribution is 14.1. The molecule has 8 heteroatoms. The lowest BCUT2D eigenvalue weighted by Gasteiger charge is -2.15. The van der Waals surface area contributed by atoms with Gasteiger partial charge in [0.25, 0.3) is 11.8 Å². The lowest BCUT2D eigenvalue weighted by molar-refractivity contribution is 0.0767. The van der Waals surface area contributed by atoms with Crippen LogP contribution in [-0.2, 0) is 13.1 Å². The molecule has 1 aliphatic rings. The standard InChI is InChI=1S/C20H17IN4O2S/c1-11-6-7-16(28-11)19(26)24-18-17-15(22-12(2)23-18)10-25(20(17)27)9-13-4-3-5-14(21)8-13/h3-8H,9-10H2,1-2H3,(H,22,23,24,26). The zero-order valence-electron chi connectivity index (χ0n) is 15.3. The Kier molecular flexibility index (Phi) is 5.15. The minimum atomic E-state index is -0.262. The number of carbonyl (C=O) groups is 2. The number of nitrogens with one attached hydrogen (secondary N) is 1. The maximum atomic E-state index is 13.0. The third-order valence-corrected chi connectivity index (χ3v) is 6.07. The molecular weight excluding hydrogens is 487 g/mol. The van der Waals surface area contributed by atoms with Crippen LogP contribution < -0.4 is 5.32 Å². The second-order valence-corrected chi connectivity index (χ2v) is 9.13. The molecule has 1 N–H and O–H groups in total. The Balaban J connectivity index is 1.61. The van der Waals surface area contributed by atoms with Crippen LogP contribution in [0.3, 0.4) is 0 Å². The van der Waals surface area contributed by atoms with Crippen LogP contribution in [0.2, 0.25) is 0 Å². The van der Waals surface area contributed by atoms with E-state index in [9.17, 15) is 9.59 Å². The molecule has 6 nitrogen and oxygen atoms in total. The van der Waals surface area contributed by atoms with E-state index in [2.05, 4.69) is 43.9 Å². The van der Waals surface area contributed by atoms with Crippen molar-refractivity contribution in [2.75, 3.05) is 5.32 Å². The van der Waals surface area contributed by atoms with Crippen molar-refractivity contribution in [3.63, 3.8) is 0 Å². The summed E-state index contributed by atoms with van der Waals surface area (Å²) in [7, 11) is 0. The number of thiophene rings is 1. The molecule has 0 atom stereocenters. The van der Waals surface area contributed by atoms with Gasteiger partial charge in [-0.1, -0.05) is 12.1 Å². The molecule has 2 aromatic heterocycles. The number of anilines is 1. The highest BCUT2D eigenvalue weighted by Gasteiger charge is 2.33. The maximum absolute atomic E-state index is 13.0. The van der Waals surface area contributed by atoms with Crippen molar-refractivity contribution in [1.82, 2.24) is 14.9 Å². The Bertz CT molecular complexity index is 1100.